The highest BCUT2D eigenvalue weighted by Gasteiger charge is 2.53. The van der Waals surface area contributed by atoms with Gasteiger partial charge in [-0.15, -0.1) is 13.0 Å². The lowest BCUT2D eigenvalue weighted by Gasteiger charge is -2.55. The summed E-state index contributed by atoms with van der Waals surface area (Å²) in [4.78, 5) is 13.9. The Balaban J connectivity index is 1.93. The quantitative estimate of drug-likeness (QED) is 0.457. The Hall–Kier alpha value is -2.09. The summed E-state index contributed by atoms with van der Waals surface area (Å²) in [5.41, 5.74) is 2.39. The zero-order valence-electron chi connectivity index (χ0n) is 16.1. The molecular weight excluding hydrogens is 338 g/mol. The molecule has 3 saturated heterocycles. The summed E-state index contributed by atoms with van der Waals surface area (Å²) in [5.74, 6) is 3.04. The number of rotatable bonds is 7. The smallest absolute Gasteiger partial charge is 0.306 e. The first-order valence-electron chi connectivity index (χ1n) is 9.86. The number of aryl methyl sites for hydroxylation is 1. The number of benzene rings is 1. The second-order valence-corrected chi connectivity index (χ2v) is 7.47. The van der Waals surface area contributed by atoms with Crippen molar-refractivity contribution in [1.82, 2.24) is 4.90 Å². The third-order valence-corrected chi connectivity index (χ3v) is 6.00. The molecule has 0 spiro atoms. The van der Waals surface area contributed by atoms with Gasteiger partial charge in [0.15, 0.2) is 0 Å². The maximum absolute atomic E-state index is 11.7. The predicted octanol–water partition coefficient (Wildman–Crippen LogP) is 2.83. The zero-order chi connectivity index (χ0) is 19.4. The lowest BCUT2D eigenvalue weighted by Crippen LogP contribution is -2.64. The molecule has 2 bridgehead atoms. The van der Waals surface area contributed by atoms with E-state index in [9.17, 15) is 9.90 Å². The fourth-order valence-corrected chi connectivity index (χ4v) is 4.66. The average molecular weight is 367 g/mol. The summed E-state index contributed by atoms with van der Waals surface area (Å²) in [7, 11) is 0. The van der Waals surface area contributed by atoms with Crippen LogP contribution in [-0.4, -0.2) is 41.8 Å². The van der Waals surface area contributed by atoms with Crippen LogP contribution in [0, 0.1) is 18.3 Å². The molecule has 1 N–H and O–H groups in total. The van der Waals surface area contributed by atoms with E-state index in [0.29, 0.717) is 25.9 Å². The van der Waals surface area contributed by atoms with Crippen molar-refractivity contribution >= 4 is 5.97 Å². The van der Waals surface area contributed by atoms with Crippen LogP contribution < -0.4 is 0 Å². The fraction of sp³-hybridized carbons (Fsp3) is 0.522. The molecule has 2 unspecified atom stereocenters. The zero-order valence-corrected chi connectivity index (χ0v) is 16.1. The molecule has 27 heavy (non-hydrogen) atoms. The molecule has 3 fully saturated rings. The van der Waals surface area contributed by atoms with Crippen molar-refractivity contribution in [3.8, 4) is 12.3 Å². The van der Waals surface area contributed by atoms with Gasteiger partial charge < -0.3 is 9.84 Å². The van der Waals surface area contributed by atoms with E-state index >= 15 is 0 Å². The molecule has 4 rings (SSSR count). The number of terminal acetylenes is 1. The molecule has 3 heterocycles. The van der Waals surface area contributed by atoms with Crippen molar-refractivity contribution < 1.29 is 14.6 Å². The minimum absolute atomic E-state index is 0.182. The maximum Gasteiger partial charge on any atom is 0.306 e. The number of aliphatic hydroxyl groups excluding tert-OH is 1. The molecule has 1 aromatic rings. The molecule has 0 aromatic heterocycles. The predicted molar refractivity (Wildman–Crippen MR) is 106 cm³/mol. The van der Waals surface area contributed by atoms with Gasteiger partial charge in [0.1, 0.15) is 5.54 Å². The summed E-state index contributed by atoms with van der Waals surface area (Å²) in [6.45, 7) is 7.94. The van der Waals surface area contributed by atoms with Crippen molar-refractivity contribution in [3.63, 3.8) is 0 Å². The van der Waals surface area contributed by atoms with Gasteiger partial charge in [-0.05, 0) is 55.2 Å². The minimum Gasteiger partial charge on any atom is -0.466 e. The molecule has 3 aliphatic heterocycles. The number of carbonyl (C=O) groups excluding carboxylic acids is 1. The van der Waals surface area contributed by atoms with Gasteiger partial charge in [-0.2, -0.15) is 0 Å². The van der Waals surface area contributed by atoms with Crippen LogP contribution in [0.4, 0.5) is 0 Å². The summed E-state index contributed by atoms with van der Waals surface area (Å²) in [5, 5.41) is 11.1. The van der Waals surface area contributed by atoms with Crippen LogP contribution in [0.5, 0.6) is 0 Å². The number of hydrogen-bond acceptors (Lipinski definition) is 4. The number of piperidine rings is 3. The second-order valence-electron chi connectivity index (χ2n) is 7.47. The molecule has 4 heteroatoms. The second kappa shape index (κ2) is 8.29. The number of esters is 1. The first-order chi connectivity index (χ1) is 13.1. The van der Waals surface area contributed by atoms with E-state index in [1.807, 2.05) is 25.1 Å². The molecule has 4 nitrogen and oxygen atoms in total. The van der Waals surface area contributed by atoms with Crippen LogP contribution in [0.15, 0.2) is 30.9 Å². The lowest BCUT2D eigenvalue weighted by atomic mass is 9.67. The standard InChI is InChI=1S/C23H29NO3/c1-4-7-19-16-17(9-11-21(25)27-6-3)8-10-20(19)23(5-2)22(26)18-12-14-24(23)15-13-18/h2,4,8,10,16,18,22,26H,1,6-7,9,11-15H2,3H3. The largest absolute Gasteiger partial charge is 0.466 e. The van der Waals surface area contributed by atoms with Gasteiger partial charge in [-0.3, -0.25) is 9.69 Å². The molecule has 0 amide bonds. The maximum atomic E-state index is 11.7. The highest BCUT2D eigenvalue weighted by atomic mass is 16.5. The number of fused-ring (bicyclic) bond motifs is 3. The number of aliphatic hydroxyl groups is 1. The summed E-state index contributed by atoms with van der Waals surface area (Å²) < 4.78 is 5.02. The molecular formula is C23H29NO3. The van der Waals surface area contributed by atoms with Gasteiger partial charge in [0.2, 0.25) is 0 Å². The van der Waals surface area contributed by atoms with Gasteiger partial charge in [0, 0.05) is 19.5 Å². The lowest BCUT2D eigenvalue weighted by molar-refractivity contribution is -0.143. The Morgan fingerprint density at radius 2 is 2.22 bits per heavy atom. The number of nitrogens with zero attached hydrogens (tertiary/aromatic N) is 1. The van der Waals surface area contributed by atoms with E-state index in [2.05, 4.69) is 23.5 Å². The van der Waals surface area contributed by atoms with Crippen molar-refractivity contribution in [1.29, 1.82) is 0 Å². The van der Waals surface area contributed by atoms with Crippen LogP contribution in [-0.2, 0) is 27.9 Å². The molecule has 144 valence electrons. The van der Waals surface area contributed by atoms with Gasteiger partial charge in [0.25, 0.3) is 0 Å². The van der Waals surface area contributed by atoms with E-state index in [1.54, 1.807) is 0 Å². The number of hydrogen-bond donors (Lipinski definition) is 1. The summed E-state index contributed by atoms with van der Waals surface area (Å²) in [6, 6.07) is 6.17. The minimum atomic E-state index is -0.765. The fourth-order valence-electron chi connectivity index (χ4n) is 4.66. The van der Waals surface area contributed by atoms with Crippen molar-refractivity contribution in [2.75, 3.05) is 19.7 Å². The SMILES string of the molecule is C#CC1(c2ccc(CCC(=O)OCC)cc2CC=C)C(O)C2CCN1CC2. The monoisotopic (exact) mass is 367 g/mol. The Kier molecular flexibility index (Phi) is 6.04. The highest BCUT2D eigenvalue weighted by Crippen LogP contribution is 2.46. The third kappa shape index (κ3) is 3.54. The average Bonchev–Trinajstić information content (AvgIpc) is 2.69. The highest BCUT2D eigenvalue weighted by molar-refractivity contribution is 5.69. The number of carbonyl (C=O) groups is 1. The Bertz CT molecular complexity index is 738. The molecule has 1 aromatic carbocycles. The van der Waals surface area contributed by atoms with Crippen molar-refractivity contribution in [2.45, 2.75) is 50.7 Å². The van der Waals surface area contributed by atoms with Crippen molar-refractivity contribution in [2.24, 2.45) is 5.92 Å². The van der Waals surface area contributed by atoms with E-state index in [0.717, 1.165) is 42.6 Å². The Morgan fingerprint density at radius 1 is 1.48 bits per heavy atom. The van der Waals surface area contributed by atoms with E-state index in [1.165, 1.54) is 0 Å². The number of ether oxygens (including phenoxy) is 1. The van der Waals surface area contributed by atoms with E-state index < -0.39 is 11.6 Å². The van der Waals surface area contributed by atoms with Gasteiger partial charge in [-0.25, -0.2) is 0 Å². The topological polar surface area (TPSA) is 49.8 Å². The molecule has 0 saturated carbocycles. The first kappa shape index (κ1) is 19.7. The van der Waals surface area contributed by atoms with Gasteiger partial charge >= 0.3 is 5.97 Å². The van der Waals surface area contributed by atoms with Crippen LogP contribution >= 0.6 is 0 Å². The Labute approximate surface area is 162 Å². The van der Waals surface area contributed by atoms with Crippen LogP contribution in [0.3, 0.4) is 0 Å². The van der Waals surface area contributed by atoms with Crippen LogP contribution in [0.2, 0.25) is 0 Å². The normalized spacial score (nSPS) is 29.1. The first-order valence-corrected chi connectivity index (χ1v) is 9.86. The Morgan fingerprint density at radius 3 is 2.81 bits per heavy atom. The molecule has 2 atom stereocenters. The van der Waals surface area contributed by atoms with Gasteiger partial charge in [0.05, 0.1) is 12.7 Å². The molecule has 3 aliphatic rings. The third-order valence-electron chi connectivity index (χ3n) is 6.00. The van der Waals surface area contributed by atoms with Crippen LogP contribution in [0.25, 0.3) is 0 Å². The van der Waals surface area contributed by atoms with E-state index in [-0.39, 0.29) is 11.9 Å². The number of allylic oxidation sites excluding steroid dienone is 1. The summed E-state index contributed by atoms with van der Waals surface area (Å²) in [6.07, 6.45) is 11.0. The van der Waals surface area contributed by atoms with Crippen molar-refractivity contribution in [3.05, 3.63) is 47.5 Å². The van der Waals surface area contributed by atoms with Crippen LogP contribution in [0.1, 0.15) is 42.9 Å². The molecule has 0 radical (unpaired) electrons. The van der Waals surface area contributed by atoms with Gasteiger partial charge in [-0.1, -0.05) is 30.2 Å². The molecule has 0 aliphatic carbocycles. The summed E-state index contributed by atoms with van der Waals surface area (Å²) >= 11 is 0. The van der Waals surface area contributed by atoms with E-state index in [4.69, 9.17) is 11.2 Å².